The van der Waals surface area contributed by atoms with E-state index in [0.29, 0.717) is 0 Å². The van der Waals surface area contributed by atoms with E-state index in [2.05, 4.69) is 15.7 Å². The Kier molecular flexibility index (Phi) is 7.21. The quantitative estimate of drug-likeness (QED) is 0.605. The molecule has 0 aliphatic rings. The van der Waals surface area contributed by atoms with E-state index in [-0.39, 0.29) is 36.6 Å². The van der Waals surface area contributed by atoms with Crippen molar-refractivity contribution >= 4 is 17.8 Å². The van der Waals surface area contributed by atoms with Gasteiger partial charge in [0.1, 0.15) is 11.4 Å². The molecule has 0 bridgehead atoms. The van der Waals surface area contributed by atoms with E-state index in [4.69, 9.17) is 4.74 Å². The molecule has 0 saturated carbocycles. The number of nitrogens with one attached hydrogen (secondary N) is 2. The number of aromatic nitrogens is 2. The summed E-state index contributed by atoms with van der Waals surface area (Å²) in [7, 11) is 0. The topological polar surface area (TPSA) is 105 Å². The van der Waals surface area contributed by atoms with Gasteiger partial charge in [-0.25, -0.2) is 14.3 Å². The van der Waals surface area contributed by atoms with Gasteiger partial charge in [0, 0.05) is 6.54 Å². The minimum absolute atomic E-state index is 0.0219. The second kappa shape index (κ2) is 9.41. The fourth-order valence-corrected chi connectivity index (χ4v) is 2.54. The van der Waals surface area contributed by atoms with Crippen molar-refractivity contribution in [2.24, 2.45) is 0 Å². The lowest BCUT2D eigenvalue weighted by atomic mass is 10.1. The van der Waals surface area contributed by atoms with Crippen LogP contribution in [0.25, 0.3) is 0 Å². The third-order valence-corrected chi connectivity index (χ3v) is 3.77. The highest BCUT2D eigenvalue weighted by Crippen LogP contribution is 2.31. The van der Waals surface area contributed by atoms with Crippen molar-refractivity contribution in [1.82, 2.24) is 15.1 Å². The Balaban J connectivity index is 2.16. The van der Waals surface area contributed by atoms with E-state index >= 15 is 0 Å². The standard InChI is InChI=1S/C18H21F3N4O4/c1-3-29-16(27)13-9-23-25(10-11(2)26)15(13)24-17(28)22-8-12-6-4-5-7-14(12)18(19,20)21/h4-7,9,11,26H,3,8,10H2,1-2H3,(H2,22,24,28). The number of hydrogen-bond donors (Lipinski definition) is 3. The molecular weight excluding hydrogens is 393 g/mol. The van der Waals surface area contributed by atoms with Crippen molar-refractivity contribution in [3.05, 3.63) is 47.2 Å². The molecule has 0 fully saturated rings. The van der Waals surface area contributed by atoms with Gasteiger partial charge in [-0.15, -0.1) is 0 Å². The highest BCUT2D eigenvalue weighted by Gasteiger charge is 2.32. The van der Waals surface area contributed by atoms with Gasteiger partial charge >= 0.3 is 18.2 Å². The zero-order valence-corrected chi connectivity index (χ0v) is 15.8. The summed E-state index contributed by atoms with van der Waals surface area (Å²) in [6.45, 7) is 2.78. The van der Waals surface area contributed by atoms with Gasteiger partial charge in [-0.2, -0.15) is 18.3 Å². The molecule has 8 nitrogen and oxygen atoms in total. The number of benzene rings is 1. The molecule has 0 aliphatic carbocycles. The number of hydrogen-bond acceptors (Lipinski definition) is 5. The zero-order chi connectivity index (χ0) is 21.6. The van der Waals surface area contributed by atoms with Crippen molar-refractivity contribution in [3.8, 4) is 0 Å². The third-order valence-electron chi connectivity index (χ3n) is 3.77. The molecule has 1 aromatic carbocycles. The monoisotopic (exact) mass is 414 g/mol. The smallest absolute Gasteiger partial charge is 0.416 e. The number of ether oxygens (including phenoxy) is 1. The summed E-state index contributed by atoms with van der Waals surface area (Å²) in [6.07, 6.45) is -4.20. The molecular formula is C18H21F3N4O4. The number of carbonyl (C=O) groups excluding carboxylic acids is 2. The Morgan fingerprint density at radius 2 is 2.00 bits per heavy atom. The highest BCUT2D eigenvalue weighted by atomic mass is 19.4. The summed E-state index contributed by atoms with van der Waals surface area (Å²) in [6, 6.07) is 4.02. The molecule has 1 aromatic heterocycles. The molecule has 3 N–H and O–H groups in total. The number of esters is 1. The number of anilines is 1. The molecule has 2 amide bonds. The average molecular weight is 414 g/mol. The summed E-state index contributed by atoms with van der Waals surface area (Å²) < 4.78 is 45.2. The van der Waals surface area contributed by atoms with Crippen LogP contribution in [-0.2, 0) is 24.0 Å². The Hall–Kier alpha value is -3.08. The van der Waals surface area contributed by atoms with Crippen molar-refractivity contribution in [2.45, 2.75) is 39.2 Å². The lowest BCUT2D eigenvalue weighted by Crippen LogP contribution is -2.31. The normalized spacial score (nSPS) is 12.3. The van der Waals surface area contributed by atoms with Gasteiger partial charge in [0.2, 0.25) is 0 Å². The van der Waals surface area contributed by atoms with Gasteiger partial charge in [-0.1, -0.05) is 18.2 Å². The Morgan fingerprint density at radius 1 is 1.31 bits per heavy atom. The molecule has 0 aliphatic heterocycles. The summed E-state index contributed by atoms with van der Waals surface area (Å²) >= 11 is 0. The van der Waals surface area contributed by atoms with Gasteiger partial charge in [-0.3, -0.25) is 5.32 Å². The number of rotatable bonds is 7. The van der Waals surface area contributed by atoms with Crippen LogP contribution >= 0.6 is 0 Å². The number of aliphatic hydroxyl groups excluding tert-OH is 1. The summed E-state index contributed by atoms with van der Waals surface area (Å²) in [5, 5.41) is 18.2. The first-order valence-electron chi connectivity index (χ1n) is 8.74. The average Bonchev–Trinajstić information content (AvgIpc) is 3.01. The second-order valence-corrected chi connectivity index (χ2v) is 6.12. The van der Waals surface area contributed by atoms with E-state index in [0.717, 1.165) is 6.07 Å². The molecule has 1 unspecified atom stereocenters. The minimum atomic E-state index is -4.55. The maximum atomic E-state index is 13.1. The van der Waals surface area contributed by atoms with Crippen LogP contribution in [0, 0.1) is 0 Å². The van der Waals surface area contributed by atoms with Gasteiger partial charge < -0.3 is 15.2 Å². The predicted octanol–water partition coefficient (Wildman–Crippen LogP) is 2.78. The van der Waals surface area contributed by atoms with Crippen molar-refractivity contribution in [3.63, 3.8) is 0 Å². The molecule has 11 heteroatoms. The Labute approximate surface area is 164 Å². The molecule has 1 atom stereocenters. The van der Waals surface area contributed by atoms with Crippen LogP contribution in [0.1, 0.15) is 35.3 Å². The van der Waals surface area contributed by atoms with Gasteiger partial charge in [0.05, 0.1) is 31.0 Å². The highest BCUT2D eigenvalue weighted by molar-refractivity contribution is 5.99. The van der Waals surface area contributed by atoms with Crippen molar-refractivity contribution in [2.75, 3.05) is 11.9 Å². The largest absolute Gasteiger partial charge is 0.462 e. The molecule has 29 heavy (non-hydrogen) atoms. The van der Waals surface area contributed by atoms with Gasteiger partial charge in [0.25, 0.3) is 0 Å². The van der Waals surface area contributed by atoms with Crippen LogP contribution in [-0.4, -0.2) is 39.6 Å². The maximum absolute atomic E-state index is 13.1. The van der Waals surface area contributed by atoms with Crippen molar-refractivity contribution < 1.29 is 32.6 Å². The third kappa shape index (κ3) is 5.95. The van der Waals surface area contributed by atoms with E-state index in [1.807, 2.05) is 0 Å². The molecule has 0 radical (unpaired) electrons. The molecule has 1 heterocycles. The first-order valence-corrected chi connectivity index (χ1v) is 8.74. The minimum Gasteiger partial charge on any atom is -0.462 e. The van der Waals surface area contributed by atoms with Crippen LogP contribution in [0.4, 0.5) is 23.8 Å². The summed E-state index contributed by atoms with van der Waals surface area (Å²) in [5.74, 6) is -0.770. The Morgan fingerprint density at radius 3 is 2.62 bits per heavy atom. The van der Waals surface area contributed by atoms with Gasteiger partial charge in [-0.05, 0) is 25.5 Å². The first kappa shape index (κ1) is 22.2. The number of aliphatic hydroxyl groups is 1. The second-order valence-electron chi connectivity index (χ2n) is 6.12. The van der Waals surface area contributed by atoms with Crippen LogP contribution in [0.2, 0.25) is 0 Å². The maximum Gasteiger partial charge on any atom is 0.416 e. The fourth-order valence-electron chi connectivity index (χ4n) is 2.54. The molecule has 0 saturated heterocycles. The first-order chi connectivity index (χ1) is 13.6. The number of urea groups is 1. The van der Waals surface area contributed by atoms with Crippen molar-refractivity contribution in [1.29, 1.82) is 0 Å². The van der Waals surface area contributed by atoms with Crippen LogP contribution in [0.5, 0.6) is 0 Å². The zero-order valence-electron chi connectivity index (χ0n) is 15.8. The summed E-state index contributed by atoms with van der Waals surface area (Å²) in [4.78, 5) is 24.3. The Bertz CT molecular complexity index is 865. The number of halogens is 3. The van der Waals surface area contributed by atoms with E-state index < -0.39 is 29.8 Å². The lowest BCUT2D eigenvalue weighted by molar-refractivity contribution is -0.138. The predicted molar refractivity (Wildman–Crippen MR) is 97.2 cm³/mol. The van der Waals surface area contributed by atoms with E-state index in [1.54, 1.807) is 6.92 Å². The SMILES string of the molecule is CCOC(=O)c1cnn(CC(C)O)c1NC(=O)NCc1ccccc1C(F)(F)F. The summed E-state index contributed by atoms with van der Waals surface area (Å²) in [5.41, 5.74) is -1.01. The molecule has 158 valence electrons. The lowest BCUT2D eigenvalue weighted by Gasteiger charge is -2.15. The number of alkyl halides is 3. The van der Waals surface area contributed by atoms with Gasteiger partial charge in [0.15, 0.2) is 0 Å². The van der Waals surface area contributed by atoms with Crippen LogP contribution < -0.4 is 10.6 Å². The number of carbonyl (C=O) groups is 2. The van der Waals surface area contributed by atoms with Crippen LogP contribution in [0.15, 0.2) is 30.5 Å². The molecule has 0 spiro atoms. The number of nitrogens with zero attached hydrogens (tertiary/aromatic N) is 2. The molecule has 2 rings (SSSR count). The van der Waals surface area contributed by atoms with E-state index in [9.17, 15) is 27.9 Å². The number of amides is 2. The molecule has 2 aromatic rings. The van der Waals surface area contributed by atoms with Crippen LogP contribution in [0.3, 0.4) is 0 Å². The fraction of sp³-hybridized carbons (Fsp3) is 0.389. The van der Waals surface area contributed by atoms with E-state index in [1.165, 1.54) is 36.0 Å².